The highest BCUT2D eigenvalue weighted by Crippen LogP contribution is 2.24. The standard InChI is InChI=1S/C22H16Br2N4O/c1-14-2-10-18(11-3-14)25-22(29)20-26-21(15-4-6-16(23)7-5-15)28(27-20)19-12-8-17(24)9-13-19/h2-13H,1H3,(H,25,29). The normalized spacial score (nSPS) is 10.7. The van der Waals surface area contributed by atoms with Gasteiger partial charge in [0, 0.05) is 20.2 Å². The van der Waals surface area contributed by atoms with Gasteiger partial charge in [-0.1, -0.05) is 61.7 Å². The van der Waals surface area contributed by atoms with E-state index in [-0.39, 0.29) is 11.7 Å². The number of rotatable bonds is 4. The van der Waals surface area contributed by atoms with E-state index in [2.05, 4.69) is 47.3 Å². The molecule has 0 atom stereocenters. The van der Waals surface area contributed by atoms with Gasteiger partial charge >= 0.3 is 0 Å². The summed E-state index contributed by atoms with van der Waals surface area (Å²) in [6.07, 6.45) is 0. The Bertz CT molecular complexity index is 1090. The Hall–Kier alpha value is -2.77. The van der Waals surface area contributed by atoms with Gasteiger partial charge in [-0.15, -0.1) is 5.10 Å². The number of hydrogen-bond acceptors (Lipinski definition) is 3. The molecule has 0 radical (unpaired) electrons. The van der Waals surface area contributed by atoms with E-state index in [9.17, 15) is 4.79 Å². The Labute approximate surface area is 185 Å². The first-order valence-corrected chi connectivity index (χ1v) is 10.5. The molecule has 3 aromatic carbocycles. The second-order valence-corrected chi connectivity index (χ2v) is 8.31. The van der Waals surface area contributed by atoms with E-state index in [1.165, 1.54) is 0 Å². The zero-order valence-electron chi connectivity index (χ0n) is 15.4. The van der Waals surface area contributed by atoms with Crippen molar-refractivity contribution in [3.05, 3.63) is 93.1 Å². The largest absolute Gasteiger partial charge is 0.319 e. The Morgan fingerprint density at radius 3 is 2.07 bits per heavy atom. The summed E-state index contributed by atoms with van der Waals surface area (Å²) in [5, 5.41) is 7.34. The molecule has 7 heteroatoms. The fourth-order valence-electron chi connectivity index (χ4n) is 2.78. The van der Waals surface area contributed by atoms with Crippen molar-refractivity contribution in [1.82, 2.24) is 14.8 Å². The lowest BCUT2D eigenvalue weighted by Crippen LogP contribution is -2.14. The molecule has 0 aliphatic heterocycles. The van der Waals surface area contributed by atoms with Crippen molar-refractivity contribution in [2.45, 2.75) is 6.92 Å². The van der Waals surface area contributed by atoms with Crippen LogP contribution in [0.4, 0.5) is 5.69 Å². The number of carbonyl (C=O) groups excluding carboxylic acids is 1. The molecule has 4 aromatic rings. The van der Waals surface area contributed by atoms with Crippen LogP contribution in [0.5, 0.6) is 0 Å². The van der Waals surface area contributed by atoms with Crippen LogP contribution < -0.4 is 5.32 Å². The van der Waals surface area contributed by atoms with Gasteiger partial charge in [-0.25, -0.2) is 9.67 Å². The number of aromatic nitrogens is 3. The van der Waals surface area contributed by atoms with Gasteiger partial charge in [0.15, 0.2) is 5.82 Å². The third-order valence-corrected chi connectivity index (χ3v) is 5.35. The molecule has 5 nitrogen and oxygen atoms in total. The maximum absolute atomic E-state index is 12.8. The fourth-order valence-corrected chi connectivity index (χ4v) is 3.31. The van der Waals surface area contributed by atoms with Gasteiger partial charge in [0.25, 0.3) is 5.91 Å². The number of amides is 1. The molecule has 0 fully saturated rings. The van der Waals surface area contributed by atoms with Crippen LogP contribution in [0.15, 0.2) is 81.7 Å². The predicted molar refractivity (Wildman–Crippen MR) is 121 cm³/mol. The molecule has 0 bridgehead atoms. The molecular formula is C22H16Br2N4O. The molecule has 0 saturated carbocycles. The molecule has 1 aromatic heterocycles. The summed E-state index contributed by atoms with van der Waals surface area (Å²) in [7, 11) is 0. The topological polar surface area (TPSA) is 59.8 Å². The van der Waals surface area contributed by atoms with Gasteiger partial charge < -0.3 is 5.32 Å². The van der Waals surface area contributed by atoms with Crippen molar-refractivity contribution in [1.29, 1.82) is 0 Å². The number of benzene rings is 3. The van der Waals surface area contributed by atoms with E-state index in [0.717, 1.165) is 25.8 Å². The van der Waals surface area contributed by atoms with Crippen LogP contribution in [0.2, 0.25) is 0 Å². The van der Waals surface area contributed by atoms with Gasteiger partial charge in [-0.05, 0) is 55.5 Å². The maximum atomic E-state index is 12.8. The first kappa shape index (κ1) is 19.5. The molecule has 1 amide bonds. The fraction of sp³-hybridized carbons (Fsp3) is 0.0455. The van der Waals surface area contributed by atoms with Crippen molar-refractivity contribution >= 4 is 43.5 Å². The molecule has 0 spiro atoms. The van der Waals surface area contributed by atoms with E-state index in [4.69, 9.17) is 0 Å². The summed E-state index contributed by atoms with van der Waals surface area (Å²) in [6, 6.07) is 23.0. The molecule has 29 heavy (non-hydrogen) atoms. The van der Waals surface area contributed by atoms with Crippen LogP contribution in [-0.4, -0.2) is 20.7 Å². The average Bonchev–Trinajstić information content (AvgIpc) is 3.16. The molecule has 1 heterocycles. The van der Waals surface area contributed by atoms with Crippen molar-refractivity contribution in [2.75, 3.05) is 5.32 Å². The summed E-state index contributed by atoms with van der Waals surface area (Å²) >= 11 is 6.89. The van der Waals surface area contributed by atoms with E-state index >= 15 is 0 Å². The van der Waals surface area contributed by atoms with Gasteiger partial charge in [0.05, 0.1) is 5.69 Å². The summed E-state index contributed by atoms with van der Waals surface area (Å²) in [5.74, 6) is 0.336. The monoisotopic (exact) mass is 510 g/mol. The zero-order valence-corrected chi connectivity index (χ0v) is 18.6. The number of carbonyl (C=O) groups is 1. The first-order valence-electron chi connectivity index (χ1n) is 8.86. The van der Waals surface area contributed by atoms with Crippen LogP contribution in [-0.2, 0) is 0 Å². The van der Waals surface area contributed by atoms with Crippen molar-refractivity contribution in [3.63, 3.8) is 0 Å². The molecule has 0 aliphatic carbocycles. The van der Waals surface area contributed by atoms with Gasteiger partial charge in [-0.3, -0.25) is 4.79 Å². The molecular weight excluding hydrogens is 496 g/mol. The molecule has 0 aliphatic rings. The second-order valence-electron chi connectivity index (χ2n) is 6.47. The lowest BCUT2D eigenvalue weighted by atomic mass is 10.2. The third-order valence-electron chi connectivity index (χ3n) is 4.29. The summed E-state index contributed by atoms with van der Waals surface area (Å²) in [6.45, 7) is 2.00. The number of halogens is 2. The van der Waals surface area contributed by atoms with Crippen LogP contribution in [0.25, 0.3) is 17.1 Å². The van der Waals surface area contributed by atoms with Crippen molar-refractivity contribution < 1.29 is 4.79 Å². The lowest BCUT2D eigenvalue weighted by Gasteiger charge is -2.06. The highest BCUT2D eigenvalue weighted by atomic mass is 79.9. The zero-order chi connectivity index (χ0) is 20.4. The highest BCUT2D eigenvalue weighted by molar-refractivity contribution is 9.10. The molecule has 4 rings (SSSR count). The average molecular weight is 512 g/mol. The minimum Gasteiger partial charge on any atom is -0.319 e. The smallest absolute Gasteiger partial charge is 0.295 e. The van der Waals surface area contributed by atoms with Crippen LogP contribution in [0.3, 0.4) is 0 Å². The number of hydrogen-bond donors (Lipinski definition) is 1. The number of anilines is 1. The lowest BCUT2D eigenvalue weighted by molar-refractivity contribution is 0.101. The van der Waals surface area contributed by atoms with Crippen molar-refractivity contribution in [2.24, 2.45) is 0 Å². The van der Waals surface area contributed by atoms with Crippen molar-refractivity contribution in [3.8, 4) is 17.1 Å². The summed E-state index contributed by atoms with van der Waals surface area (Å²) < 4.78 is 3.61. The van der Waals surface area contributed by atoms with E-state index < -0.39 is 0 Å². The number of nitrogens with one attached hydrogen (secondary N) is 1. The molecule has 144 valence electrons. The summed E-state index contributed by atoms with van der Waals surface area (Å²) in [5.41, 5.74) is 3.50. The molecule has 1 N–H and O–H groups in total. The Kier molecular flexibility index (Phi) is 5.60. The minimum absolute atomic E-state index is 0.103. The Morgan fingerprint density at radius 1 is 0.862 bits per heavy atom. The van der Waals surface area contributed by atoms with Crippen LogP contribution in [0, 0.1) is 6.92 Å². The minimum atomic E-state index is -0.358. The second kappa shape index (κ2) is 8.31. The first-order chi connectivity index (χ1) is 14.0. The van der Waals surface area contributed by atoms with E-state index in [1.807, 2.05) is 79.7 Å². The number of aryl methyl sites for hydroxylation is 1. The Balaban J connectivity index is 1.74. The van der Waals surface area contributed by atoms with E-state index in [1.54, 1.807) is 4.68 Å². The highest BCUT2D eigenvalue weighted by Gasteiger charge is 2.19. The predicted octanol–water partition coefficient (Wildman–Crippen LogP) is 6.02. The maximum Gasteiger partial charge on any atom is 0.295 e. The quantitative estimate of drug-likeness (QED) is 0.364. The Morgan fingerprint density at radius 2 is 1.45 bits per heavy atom. The number of nitrogens with zero attached hydrogens (tertiary/aromatic N) is 3. The molecule has 0 unspecified atom stereocenters. The van der Waals surface area contributed by atoms with Crippen LogP contribution in [0.1, 0.15) is 16.2 Å². The van der Waals surface area contributed by atoms with Gasteiger partial charge in [0.2, 0.25) is 5.82 Å². The molecule has 0 saturated heterocycles. The van der Waals surface area contributed by atoms with Gasteiger partial charge in [0.1, 0.15) is 0 Å². The van der Waals surface area contributed by atoms with Gasteiger partial charge in [-0.2, -0.15) is 0 Å². The third kappa shape index (κ3) is 4.46. The van der Waals surface area contributed by atoms with Crippen LogP contribution >= 0.6 is 31.9 Å². The summed E-state index contributed by atoms with van der Waals surface area (Å²) in [4.78, 5) is 17.3. The van der Waals surface area contributed by atoms with E-state index in [0.29, 0.717) is 11.5 Å². The SMILES string of the molecule is Cc1ccc(NC(=O)c2nc(-c3ccc(Br)cc3)n(-c3ccc(Br)cc3)n2)cc1.